The fourth-order valence-electron chi connectivity index (χ4n) is 2.00. The summed E-state index contributed by atoms with van der Waals surface area (Å²) in [4.78, 5) is 12.8. The minimum Gasteiger partial charge on any atom is -0.383 e. The molecule has 0 saturated heterocycles. The summed E-state index contributed by atoms with van der Waals surface area (Å²) >= 11 is 1.44. The summed E-state index contributed by atoms with van der Waals surface area (Å²) in [5.41, 5.74) is -0.471. The van der Waals surface area contributed by atoms with Gasteiger partial charge in [0.2, 0.25) is 5.95 Å². The van der Waals surface area contributed by atoms with Gasteiger partial charge in [-0.1, -0.05) is 12.1 Å². The summed E-state index contributed by atoms with van der Waals surface area (Å²) in [5, 5.41) is 25.3. The molecule has 0 fully saturated rings. The van der Waals surface area contributed by atoms with Crippen molar-refractivity contribution in [3.8, 4) is 0 Å². The number of rotatable bonds is 4. The number of amides is 2. The molecule has 0 aliphatic rings. The van der Waals surface area contributed by atoms with E-state index >= 15 is 0 Å². The van der Waals surface area contributed by atoms with Crippen molar-refractivity contribution in [2.24, 2.45) is 0 Å². The molecule has 114 valence electrons. The Labute approximate surface area is 130 Å². The molecule has 0 bridgehead atoms. The largest absolute Gasteiger partial charge is 0.383 e. The van der Waals surface area contributed by atoms with Crippen molar-refractivity contribution in [2.45, 2.75) is 12.5 Å². The van der Waals surface area contributed by atoms with Crippen molar-refractivity contribution < 1.29 is 9.90 Å². The minimum absolute atomic E-state index is 0.0933. The Morgan fingerprint density at radius 2 is 2.23 bits per heavy atom. The maximum Gasteiger partial charge on any atom is 0.321 e. The number of carbonyl (C=O) groups is 1. The van der Waals surface area contributed by atoms with Crippen LogP contribution in [-0.4, -0.2) is 32.3 Å². The monoisotopic (exact) mass is 317 g/mol. The van der Waals surface area contributed by atoms with Gasteiger partial charge in [-0.2, -0.15) is 0 Å². The molecule has 0 saturated carbocycles. The number of urea groups is 1. The Kier molecular flexibility index (Phi) is 3.78. The third-order valence-corrected chi connectivity index (χ3v) is 4.31. The fraction of sp³-hybridized carbons (Fsp3) is 0.214. The van der Waals surface area contributed by atoms with Crippen molar-refractivity contribution in [3.63, 3.8) is 0 Å². The van der Waals surface area contributed by atoms with E-state index in [0.717, 1.165) is 4.88 Å². The quantitative estimate of drug-likeness (QED) is 0.684. The highest BCUT2D eigenvalue weighted by atomic mass is 32.1. The van der Waals surface area contributed by atoms with Gasteiger partial charge in [0.25, 0.3) is 0 Å². The third kappa shape index (κ3) is 2.92. The van der Waals surface area contributed by atoms with Gasteiger partial charge in [-0.25, -0.2) is 4.79 Å². The average molecular weight is 317 g/mol. The lowest BCUT2D eigenvalue weighted by molar-refractivity contribution is 0.0637. The highest BCUT2D eigenvalue weighted by molar-refractivity contribution is 7.10. The van der Waals surface area contributed by atoms with Gasteiger partial charge >= 0.3 is 6.03 Å². The first kappa shape index (κ1) is 14.5. The molecule has 8 heteroatoms. The second-order valence-electron chi connectivity index (χ2n) is 5.01. The number of aromatic nitrogens is 3. The van der Waals surface area contributed by atoms with Crippen LogP contribution in [0.15, 0.2) is 41.9 Å². The van der Waals surface area contributed by atoms with Crippen LogP contribution in [0.5, 0.6) is 0 Å². The number of anilines is 1. The van der Waals surface area contributed by atoms with Crippen molar-refractivity contribution in [1.82, 2.24) is 19.9 Å². The summed E-state index contributed by atoms with van der Waals surface area (Å²) in [6.45, 7) is 1.75. The first-order chi connectivity index (χ1) is 10.6. The molecular formula is C14H15N5O2S. The molecule has 3 aromatic heterocycles. The fourth-order valence-corrected chi connectivity index (χ4v) is 2.78. The van der Waals surface area contributed by atoms with Crippen LogP contribution in [0.3, 0.4) is 0 Å². The van der Waals surface area contributed by atoms with E-state index in [0.29, 0.717) is 11.6 Å². The lowest BCUT2D eigenvalue weighted by atomic mass is 10.1. The molecular weight excluding hydrogens is 302 g/mol. The van der Waals surface area contributed by atoms with E-state index in [1.54, 1.807) is 23.6 Å². The van der Waals surface area contributed by atoms with Crippen molar-refractivity contribution in [3.05, 3.63) is 46.8 Å². The molecule has 0 unspecified atom stereocenters. The predicted molar refractivity (Wildman–Crippen MR) is 83.9 cm³/mol. The van der Waals surface area contributed by atoms with Gasteiger partial charge in [0.05, 0.1) is 6.54 Å². The van der Waals surface area contributed by atoms with E-state index in [2.05, 4.69) is 20.8 Å². The zero-order valence-electron chi connectivity index (χ0n) is 11.9. The van der Waals surface area contributed by atoms with E-state index in [1.165, 1.54) is 11.3 Å². The van der Waals surface area contributed by atoms with E-state index in [1.807, 2.05) is 29.6 Å². The zero-order chi connectivity index (χ0) is 15.6. The molecule has 0 aromatic carbocycles. The second kappa shape index (κ2) is 5.74. The summed E-state index contributed by atoms with van der Waals surface area (Å²) in [6.07, 6.45) is 1.76. The van der Waals surface area contributed by atoms with Gasteiger partial charge < -0.3 is 10.4 Å². The smallest absolute Gasteiger partial charge is 0.321 e. The number of nitrogens with zero attached hydrogens (tertiary/aromatic N) is 3. The van der Waals surface area contributed by atoms with Crippen LogP contribution in [0.4, 0.5) is 10.7 Å². The predicted octanol–water partition coefficient (Wildman–Crippen LogP) is 1.82. The Balaban J connectivity index is 1.63. The molecule has 3 rings (SSSR count). The van der Waals surface area contributed by atoms with Gasteiger partial charge in [-0.3, -0.25) is 9.72 Å². The molecule has 1 atom stereocenters. The normalized spacial score (nSPS) is 13.7. The Morgan fingerprint density at radius 3 is 3.00 bits per heavy atom. The third-order valence-electron chi connectivity index (χ3n) is 3.18. The molecule has 0 radical (unpaired) electrons. The number of hydrogen-bond donors (Lipinski definition) is 3. The van der Waals surface area contributed by atoms with Crippen molar-refractivity contribution >= 4 is 29.0 Å². The van der Waals surface area contributed by atoms with Crippen molar-refractivity contribution in [1.29, 1.82) is 0 Å². The molecule has 3 N–H and O–H groups in total. The van der Waals surface area contributed by atoms with Crippen LogP contribution in [0.25, 0.3) is 5.65 Å². The maximum atomic E-state index is 12.0. The summed E-state index contributed by atoms with van der Waals surface area (Å²) in [7, 11) is 0. The number of aliphatic hydroxyl groups is 1. The van der Waals surface area contributed by atoms with E-state index in [4.69, 9.17) is 0 Å². The van der Waals surface area contributed by atoms with Crippen LogP contribution in [-0.2, 0) is 5.60 Å². The topological polar surface area (TPSA) is 91.5 Å². The number of nitrogens with one attached hydrogen (secondary N) is 2. The zero-order valence-corrected chi connectivity index (χ0v) is 12.7. The average Bonchev–Trinajstić information content (AvgIpc) is 3.16. The highest BCUT2D eigenvalue weighted by Gasteiger charge is 2.25. The summed E-state index contributed by atoms with van der Waals surface area (Å²) in [5.74, 6) is 0.323. The molecule has 0 aliphatic heterocycles. The van der Waals surface area contributed by atoms with Gasteiger partial charge in [0, 0.05) is 11.1 Å². The Hall–Kier alpha value is -2.45. The summed E-state index contributed by atoms with van der Waals surface area (Å²) < 4.78 is 1.66. The lowest BCUT2D eigenvalue weighted by Crippen LogP contribution is -2.40. The van der Waals surface area contributed by atoms with Crippen molar-refractivity contribution in [2.75, 3.05) is 11.9 Å². The Bertz CT molecular complexity index is 781. The molecule has 2 amide bonds. The molecule has 0 spiro atoms. The lowest BCUT2D eigenvalue weighted by Gasteiger charge is -2.22. The molecule has 3 aromatic rings. The van der Waals surface area contributed by atoms with E-state index < -0.39 is 11.6 Å². The number of thiophene rings is 1. The van der Waals surface area contributed by atoms with Gasteiger partial charge in [-0.05, 0) is 30.5 Å². The first-order valence-corrected chi connectivity index (χ1v) is 7.55. The number of fused-ring (bicyclic) bond motifs is 1. The molecule has 0 aliphatic carbocycles. The first-order valence-electron chi connectivity index (χ1n) is 6.67. The SMILES string of the molecule is C[C@@](O)(CNC(=O)Nc1nnc2ccccn12)c1cccs1. The second-order valence-corrected chi connectivity index (χ2v) is 5.96. The number of hydrogen-bond acceptors (Lipinski definition) is 5. The van der Waals surface area contributed by atoms with Crippen LogP contribution >= 0.6 is 11.3 Å². The Morgan fingerprint density at radius 1 is 1.36 bits per heavy atom. The van der Waals surface area contributed by atoms with Crippen LogP contribution in [0, 0.1) is 0 Å². The number of carbonyl (C=O) groups excluding carboxylic acids is 1. The highest BCUT2D eigenvalue weighted by Crippen LogP contribution is 2.24. The van der Waals surface area contributed by atoms with Gasteiger partial charge in [0.15, 0.2) is 5.65 Å². The molecule has 22 heavy (non-hydrogen) atoms. The van der Waals surface area contributed by atoms with Crippen LogP contribution in [0.2, 0.25) is 0 Å². The summed E-state index contributed by atoms with van der Waals surface area (Å²) in [6, 6.07) is 8.69. The van der Waals surface area contributed by atoms with Gasteiger partial charge in [0.1, 0.15) is 5.60 Å². The van der Waals surface area contributed by atoms with Crippen LogP contribution in [0.1, 0.15) is 11.8 Å². The molecule has 7 nitrogen and oxygen atoms in total. The maximum absolute atomic E-state index is 12.0. The van der Waals surface area contributed by atoms with E-state index in [9.17, 15) is 9.90 Å². The number of pyridine rings is 1. The van der Waals surface area contributed by atoms with E-state index in [-0.39, 0.29) is 6.54 Å². The molecule has 3 heterocycles. The van der Waals surface area contributed by atoms with Gasteiger partial charge in [-0.15, -0.1) is 21.5 Å². The standard InChI is InChI=1S/C14H15N5O2S/c1-14(21,10-5-4-8-22-10)9-15-13(20)16-12-18-17-11-6-2-3-7-19(11)12/h2-8,21H,9H2,1H3,(H2,15,16,18,20)/t14-/m1/s1. The van der Waals surface area contributed by atoms with Crippen LogP contribution < -0.4 is 10.6 Å². The minimum atomic E-state index is -1.11.